The van der Waals surface area contributed by atoms with Gasteiger partial charge in [0, 0.05) is 19.1 Å². The molecule has 2 bridgehead atoms. The first kappa shape index (κ1) is 18.6. The van der Waals surface area contributed by atoms with E-state index in [2.05, 4.69) is 52.6 Å². The van der Waals surface area contributed by atoms with E-state index >= 15 is 0 Å². The molecule has 3 heterocycles. The highest BCUT2D eigenvalue weighted by Gasteiger charge is 2.50. The third kappa shape index (κ3) is 3.03. The molecule has 1 amide bonds. The van der Waals surface area contributed by atoms with Crippen LogP contribution in [0.4, 0.5) is 0 Å². The van der Waals surface area contributed by atoms with Crippen molar-refractivity contribution in [1.29, 1.82) is 0 Å². The molecular formula is C24H30N4O. The summed E-state index contributed by atoms with van der Waals surface area (Å²) in [7, 11) is 4.22. The Morgan fingerprint density at radius 2 is 1.97 bits per heavy atom. The van der Waals surface area contributed by atoms with Gasteiger partial charge in [0.25, 0.3) is 5.91 Å². The molecule has 0 radical (unpaired) electrons. The van der Waals surface area contributed by atoms with Gasteiger partial charge in [0.1, 0.15) is 0 Å². The van der Waals surface area contributed by atoms with Crippen molar-refractivity contribution in [3.63, 3.8) is 0 Å². The molecular weight excluding hydrogens is 360 g/mol. The SMILES string of the molecule is CN1CC2CCC1([C@H](NC(=O)C1=CCCc3ncn(C)c31)c1ccccc1)CC2. The monoisotopic (exact) mass is 390 g/mol. The third-order valence-corrected chi connectivity index (χ3v) is 7.45. The number of imidazole rings is 1. The van der Waals surface area contributed by atoms with Crippen molar-refractivity contribution in [2.75, 3.05) is 13.6 Å². The summed E-state index contributed by atoms with van der Waals surface area (Å²) in [5, 5.41) is 3.49. The van der Waals surface area contributed by atoms with E-state index < -0.39 is 0 Å². The van der Waals surface area contributed by atoms with Crippen LogP contribution >= 0.6 is 0 Å². The van der Waals surface area contributed by atoms with Crippen LogP contribution in [-0.2, 0) is 18.3 Å². The zero-order valence-corrected chi connectivity index (χ0v) is 17.4. The summed E-state index contributed by atoms with van der Waals surface area (Å²) in [5.41, 5.74) is 3.98. The summed E-state index contributed by atoms with van der Waals surface area (Å²) in [6, 6.07) is 10.5. The molecule has 0 unspecified atom stereocenters. The van der Waals surface area contributed by atoms with Crippen molar-refractivity contribution in [3.8, 4) is 0 Å². The van der Waals surface area contributed by atoms with Gasteiger partial charge in [-0.25, -0.2) is 4.98 Å². The number of piperidine rings is 2. The minimum absolute atomic E-state index is 0.00369. The Kier molecular flexibility index (Phi) is 4.58. The number of fused-ring (bicyclic) bond motifs is 4. The summed E-state index contributed by atoms with van der Waals surface area (Å²) in [6.45, 7) is 1.13. The maximum absolute atomic E-state index is 13.6. The van der Waals surface area contributed by atoms with Gasteiger partial charge < -0.3 is 9.88 Å². The van der Waals surface area contributed by atoms with Gasteiger partial charge >= 0.3 is 0 Å². The van der Waals surface area contributed by atoms with Gasteiger partial charge in [0.05, 0.1) is 29.3 Å². The molecule has 5 nitrogen and oxygen atoms in total. The number of hydrogen-bond donors (Lipinski definition) is 1. The molecule has 1 saturated carbocycles. The van der Waals surface area contributed by atoms with E-state index in [-0.39, 0.29) is 17.5 Å². The standard InChI is InChI=1S/C24H30N4O/c1-27-16-25-20-10-6-9-19(21(20)27)23(29)26-22(18-7-4-3-5-8-18)24-13-11-17(12-14-24)15-28(24)2/h3-5,7-9,16-17,22H,6,10-15H2,1-2H3,(H,26,29)/t17?,22-,24?/m1/s1. The molecule has 5 heteroatoms. The lowest BCUT2D eigenvalue weighted by molar-refractivity contribution is -0.119. The number of amides is 1. The molecule has 1 N–H and O–H groups in total. The van der Waals surface area contributed by atoms with Crippen molar-refractivity contribution in [2.45, 2.75) is 50.1 Å². The number of aryl methyl sites for hydroxylation is 2. The zero-order valence-electron chi connectivity index (χ0n) is 17.4. The first-order valence-corrected chi connectivity index (χ1v) is 10.9. The van der Waals surface area contributed by atoms with Crippen LogP contribution in [0.3, 0.4) is 0 Å². The van der Waals surface area contributed by atoms with Crippen LogP contribution in [0.25, 0.3) is 5.57 Å². The molecule has 2 aromatic rings. The van der Waals surface area contributed by atoms with Crippen LogP contribution < -0.4 is 5.32 Å². The van der Waals surface area contributed by atoms with Crippen LogP contribution in [0.1, 0.15) is 55.1 Å². The van der Waals surface area contributed by atoms with Gasteiger partial charge in [0.15, 0.2) is 0 Å². The van der Waals surface area contributed by atoms with E-state index in [0.29, 0.717) is 0 Å². The quantitative estimate of drug-likeness (QED) is 0.870. The lowest BCUT2D eigenvalue weighted by atomic mass is 9.65. The first-order chi connectivity index (χ1) is 14.1. The van der Waals surface area contributed by atoms with Crippen molar-refractivity contribution in [3.05, 3.63) is 59.7 Å². The lowest BCUT2D eigenvalue weighted by Gasteiger charge is -2.57. The number of benzene rings is 1. The fourth-order valence-corrected chi connectivity index (χ4v) is 5.86. The zero-order chi connectivity index (χ0) is 20.0. The maximum atomic E-state index is 13.6. The highest BCUT2D eigenvalue weighted by Crippen LogP contribution is 2.49. The highest BCUT2D eigenvalue weighted by atomic mass is 16.1. The Bertz CT molecular complexity index is 937. The summed E-state index contributed by atoms with van der Waals surface area (Å²) < 4.78 is 1.98. The molecule has 1 atom stereocenters. The second-order valence-electron chi connectivity index (χ2n) is 9.05. The molecule has 6 rings (SSSR count). The molecule has 29 heavy (non-hydrogen) atoms. The number of hydrogen-bond acceptors (Lipinski definition) is 3. The summed E-state index contributed by atoms with van der Waals surface area (Å²) >= 11 is 0. The van der Waals surface area contributed by atoms with Crippen LogP contribution in [0.15, 0.2) is 42.7 Å². The molecule has 2 saturated heterocycles. The van der Waals surface area contributed by atoms with Crippen LogP contribution in [-0.4, -0.2) is 39.5 Å². The van der Waals surface area contributed by atoms with Crippen molar-refractivity contribution >= 4 is 11.5 Å². The first-order valence-electron chi connectivity index (χ1n) is 10.9. The summed E-state index contributed by atoms with van der Waals surface area (Å²) in [6.07, 6.45) is 10.5. The number of nitrogens with one attached hydrogen (secondary N) is 1. The fourth-order valence-electron chi connectivity index (χ4n) is 5.86. The molecule has 0 spiro atoms. The topological polar surface area (TPSA) is 50.2 Å². The number of carbonyl (C=O) groups excluding carboxylic acids is 1. The Hall–Kier alpha value is -2.40. The number of nitrogens with zero attached hydrogens (tertiary/aromatic N) is 3. The average molecular weight is 391 g/mol. The lowest BCUT2D eigenvalue weighted by Crippen LogP contribution is -2.62. The largest absolute Gasteiger partial charge is 0.343 e. The summed E-state index contributed by atoms with van der Waals surface area (Å²) in [4.78, 5) is 20.6. The molecule has 152 valence electrons. The number of carbonyl (C=O) groups is 1. The van der Waals surface area contributed by atoms with Gasteiger partial charge in [-0.05, 0) is 57.1 Å². The third-order valence-electron chi connectivity index (χ3n) is 7.45. The van der Waals surface area contributed by atoms with Gasteiger partial charge in [-0.15, -0.1) is 0 Å². The second-order valence-corrected chi connectivity index (χ2v) is 9.05. The Balaban J connectivity index is 1.51. The maximum Gasteiger partial charge on any atom is 0.253 e. The van der Waals surface area contributed by atoms with Gasteiger partial charge in [-0.1, -0.05) is 36.4 Å². The minimum Gasteiger partial charge on any atom is -0.343 e. The van der Waals surface area contributed by atoms with Gasteiger partial charge in [-0.3, -0.25) is 9.69 Å². The van der Waals surface area contributed by atoms with Crippen LogP contribution in [0.2, 0.25) is 0 Å². The Labute approximate surface area is 172 Å². The number of likely N-dealkylation sites (N-methyl/N-ethyl adjacent to an activating group) is 1. The predicted molar refractivity (Wildman–Crippen MR) is 114 cm³/mol. The number of aromatic nitrogens is 2. The normalized spacial score (nSPS) is 27.2. The van der Waals surface area contributed by atoms with E-state index in [4.69, 9.17) is 0 Å². The van der Waals surface area contributed by atoms with E-state index in [1.54, 1.807) is 0 Å². The van der Waals surface area contributed by atoms with Crippen LogP contribution in [0.5, 0.6) is 0 Å². The van der Waals surface area contributed by atoms with Gasteiger partial charge in [0.2, 0.25) is 0 Å². The molecule has 1 aromatic carbocycles. The molecule has 4 aliphatic rings. The van der Waals surface area contributed by atoms with E-state index in [1.165, 1.54) is 18.4 Å². The van der Waals surface area contributed by atoms with Crippen molar-refractivity contribution in [2.24, 2.45) is 13.0 Å². The van der Waals surface area contributed by atoms with E-state index in [0.717, 1.165) is 55.1 Å². The van der Waals surface area contributed by atoms with Crippen LogP contribution in [0, 0.1) is 5.92 Å². The molecule has 2 aliphatic carbocycles. The van der Waals surface area contributed by atoms with Crippen molar-refractivity contribution < 1.29 is 4.79 Å². The average Bonchev–Trinajstić information content (AvgIpc) is 3.14. The predicted octanol–water partition coefficient (Wildman–Crippen LogP) is 3.48. The smallest absolute Gasteiger partial charge is 0.253 e. The number of rotatable bonds is 4. The molecule has 3 fully saturated rings. The van der Waals surface area contributed by atoms with E-state index in [9.17, 15) is 4.79 Å². The summed E-state index contributed by atoms with van der Waals surface area (Å²) in [5.74, 6) is 0.839. The Morgan fingerprint density at radius 1 is 1.21 bits per heavy atom. The number of allylic oxidation sites excluding steroid dienone is 1. The van der Waals surface area contributed by atoms with Crippen molar-refractivity contribution in [1.82, 2.24) is 19.8 Å². The molecule has 1 aromatic heterocycles. The minimum atomic E-state index is -0.0121. The second kappa shape index (κ2) is 7.13. The highest BCUT2D eigenvalue weighted by molar-refractivity contribution is 6.19. The Morgan fingerprint density at radius 3 is 2.69 bits per heavy atom. The fraction of sp³-hybridized carbons (Fsp3) is 0.500. The van der Waals surface area contributed by atoms with E-state index in [1.807, 2.05) is 24.0 Å². The molecule has 2 aliphatic heterocycles. The van der Waals surface area contributed by atoms with Gasteiger partial charge in [-0.2, -0.15) is 0 Å².